The smallest absolute Gasteiger partial charge is 0.334 e. The molecule has 1 amide bonds. The van der Waals surface area contributed by atoms with Crippen molar-refractivity contribution in [3.8, 4) is 11.8 Å². The fraction of sp³-hybridized carbons (Fsp3) is 0.308. The number of benzene rings is 1. The first-order valence-electron chi connectivity index (χ1n) is 5.67. The molecule has 2 rings (SSSR count). The number of likely N-dealkylation sites (tertiary alicyclic amines) is 1. The molecule has 0 radical (unpaired) electrons. The summed E-state index contributed by atoms with van der Waals surface area (Å²) in [5.41, 5.74) is 0.505. The standard InChI is InChI=1S/C13H12N2O3/c14-8-10-3-5-11(6-4-10)18-13(17)12-2-1-7-15(12)9-16/h3-6,9,12H,1-2,7H2/t12-/m0/s1. The minimum atomic E-state index is -0.488. The van der Waals surface area contributed by atoms with E-state index in [1.807, 2.05) is 6.07 Å². The predicted molar refractivity (Wildman–Crippen MR) is 62.6 cm³/mol. The molecule has 1 aromatic carbocycles. The van der Waals surface area contributed by atoms with Crippen molar-refractivity contribution in [2.75, 3.05) is 6.54 Å². The van der Waals surface area contributed by atoms with Crippen molar-refractivity contribution < 1.29 is 14.3 Å². The van der Waals surface area contributed by atoms with E-state index in [9.17, 15) is 9.59 Å². The van der Waals surface area contributed by atoms with Crippen molar-refractivity contribution >= 4 is 12.4 Å². The topological polar surface area (TPSA) is 70.4 Å². The van der Waals surface area contributed by atoms with E-state index >= 15 is 0 Å². The van der Waals surface area contributed by atoms with Crippen LogP contribution in [0.3, 0.4) is 0 Å². The Bertz CT molecular complexity index is 490. The lowest BCUT2D eigenvalue weighted by Gasteiger charge is -2.17. The molecule has 1 aliphatic rings. The number of hydrogen-bond acceptors (Lipinski definition) is 4. The molecule has 1 atom stereocenters. The summed E-state index contributed by atoms with van der Waals surface area (Å²) in [6.07, 6.45) is 2.12. The second-order valence-corrected chi connectivity index (χ2v) is 4.06. The van der Waals surface area contributed by atoms with Crippen molar-refractivity contribution in [2.24, 2.45) is 0 Å². The molecule has 5 nitrogen and oxygen atoms in total. The molecule has 1 saturated heterocycles. The molecule has 18 heavy (non-hydrogen) atoms. The van der Waals surface area contributed by atoms with E-state index in [1.165, 1.54) is 4.90 Å². The maximum absolute atomic E-state index is 11.9. The van der Waals surface area contributed by atoms with E-state index in [1.54, 1.807) is 24.3 Å². The highest BCUT2D eigenvalue weighted by Crippen LogP contribution is 2.19. The van der Waals surface area contributed by atoms with Crippen LogP contribution in [0.1, 0.15) is 18.4 Å². The van der Waals surface area contributed by atoms with Crippen molar-refractivity contribution in [3.63, 3.8) is 0 Å². The molecule has 1 aliphatic heterocycles. The minimum absolute atomic E-state index is 0.386. The van der Waals surface area contributed by atoms with Gasteiger partial charge in [-0.05, 0) is 37.1 Å². The number of carbonyl (C=O) groups is 2. The maximum Gasteiger partial charge on any atom is 0.334 e. The minimum Gasteiger partial charge on any atom is -0.425 e. The molecule has 1 aromatic rings. The van der Waals surface area contributed by atoms with Crippen LogP contribution in [0.25, 0.3) is 0 Å². The fourth-order valence-corrected chi connectivity index (χ4v) is 1.95. The quantitative estimate of drug-likeness (QED) is 0.453. The zero-order chi connectivity index (χ0) is 13.0. The normalized spacial score (nSPS) is 18.2. The van der Waals surface area contributed by atoms with Gasteiger partial charge in [0.1, 0.15) is 11.8 Å². The second kappa shape index (κ2) is 5.32. The summed E-state index contributed by atoms with van der Waals surface area (Å²) < 4.78 is 5.18. The molecule has 0 spiro atoms. The van der Waals surface area contributed by atoms with E-state index < -0.39 is 12.0 Å². The SMILES string of the molecule is N#Cc1ccc(OC(=O)[C@@H]2CCCN2C=O)cc1. The Morgan fingerprint density at radius 1 is 1.44 bits per heavy atom. The van der Waals surface area contributed by atoms with Crippen molar-refractivity contribution in [1.82, 2.24) is 4.90 Å². The van der Waals surface area contributed by atoms with Gasteiger partial charge in [-0.3, -0.25) is 4.79 Å². The van der Waals surface area contributed by atoms with E-state index in [4.69, 9.17) is 10.00 Å². The predicted octanol–water partition coefficient (Wildman–Crippen LogP) is 1.08. The first kappa shape index (κ1) is 12.1. The number of carbonyl (C=O) groups excluding carboxylic acids is 2. The van der Waals surface area contributed by atoms with Gasteiger partial charge in [0.25, 0.3) is 0 Å². The lowest BCUT2D eigenvalue weighted by molar-refractivity contribution is -0.142. The van der Waals surface area contributed by atoms with Crippen LogP contribution in [0.5, 0.6) is 5.75 Å². The van der Waals surface area contributed by atoms with E-state index in [2.05, 4.69) is 0 Å². The maximum atomic E-state index is 11.9. The zero-order valence-corrected chi connectivity index (χ0v) is 9.70. The number of amides is 1. The van der Waals surface area contributed by atoms with Gasteiger partial charge in [0, 0.05) is 6.54 Å². The van der Waals surface area contributed by atoms with E-state index in [-0.39, 0.29) is 0 Å². The number of rotatable bonds is 3. The Morgan fingerprint density at radius 3 is 2.78 bits per heavy atom. The summed E-state index contributed by atoms with van der Waals surface area (Å²) in [6, 6.07) is 7.78. The van der Waals surface area contributed by atoms with E-state index in [0.29, 0.717) is 30.7 Å². The van der Waals surface area contributed by atoms with E-state index in [0.717, 1.165) is 6.42 Å². The number of ether oxygens (including phenoxy) is 1. The molecule has 0 aromatic heterocycles. The van der Waals surface area contributed by atoms with Crippen LogP contribution in [-0.4, -0.2) is 29.9 Å². The average Bonchev–Trinajstić information content (AvgIpc) is 2.88. The Morgan fingerprint density at radius 2 is 2.17 bits per heavy atom. The molecule has 0 saturated carbocycles. The van der Waals surface area contributed by atoms with Crippen LogP contribution in [0.4, 0.5) is 0 Å². The monoisotopic (exact) mass is 244 g/mol. The number of nitrogens with zero attached hydrogens (tertiary/aromatic N) is 2. The molecule has 0 unspecified atom stereocenters. The van der Waals surface area contributed by atoms with Crippen LogP contribution in [-0.2, 0) is 9.59 Å². The third kappa shape index (κ3) is 2.48. The Hall–Kier alpha value is -2.35. The second-order valence-electron chi connectivity index (χ2n) is 4.06. The average molecular weight is 244 g/mol. The Labute approximate surface area is 105 Å². The van der Waals surface area contributed by atoms with Crippen LogP contribution >= 0.6 is 0 Å². The van der Waals surface area contributed by atoms with Gasteiger partial charge in [-0.1, -0.05) is 0 Å². The first-order valence-corrected chi connectivity index (χ1v) is 5.67. The Balaban J connectivity index is 2.02. The largest absolute Gasteiger partial charge is 0.425 e. The van der Waals surface area contributed by atoms with Gasteiger partial charge >= 0.3 is 5.97 Å². The summed E-state index contributed by atoms with van der Waals surface area (Å²) in [5, 5.41) is 8.65. The molecule has 1 fully saturated rings. The van der Waals surface area contributed by atoms with Crippen LogP contribution < -0.4 is 4.74 Å². The summed E-state index contributed by atoms with van der Waals surface area (Å²) in [5.74, 6) is -0.0407. The summed E-state index contributed by atoms with van der Waals surface area (Å²) in [7, 11) is 0. The van der Waals surface area contributed by atoms with Gasteiger partial charge in [-0.15, -0.1) is 0 Å². The van der Waals surface area contributed by atoms with Gasteiger partial charge in [0.2, 0.25) is 6.41 Å². The number of esters is 1. The van der Waals surface area contributed by atoms with Gasteiger partial charge in [0.15, 0.2) is 0 Å². The molecule has 0 N–H and O–H groups in total. The number of hydrogen-bond donors (Lipinski definition) is 0. The highest BCUT2D eigenvalue weighted by Gasteiger charge is 2.31. The molecular formula is C13H12N2O3. The zero-order valence-electron chi connectivity index (χ0n) is 9.70. The van der Waals surface area contributed by atoms with Gasteiger partial charge in [0.05, 0.1) is 11.6 Å². The van der Waals surface area contributed by atoms with Crippen molar-refractivity contribution in [3.05, 3.63) is 29.8 Å². The molecule has 0 bridgehead atoms. The molecule has 0 aliphatic carbocycles. The lowest BCUT2D eigenvalue weighted by atomic mass is 10.2. The highest BCUT2D eigenvalue weighted by molar-refractivity contribution is 5.80. The molecular weight excluding hydrogens is 232 g/mol. The highest BCUT2D eigenvalue weighted by atomic mass is 16.5. The van der Waals surface area contributed by atoms with Gasteiger partial charge in [-0.2, -0.15) is 5.26 Å². The first-order chi connectivity index (χ1) is 8.74. The van der Waals surface area contributed by atoms with Crippen molar-refractivity contribution in [2.45, 2.75) is 18.9 Å². The molecule has 92 valence electrons. The van der Waals surface area contributed by atoms with Crippen molar-refractivity contribution in [1.29, 1.82) is 5.26 Å². The summed E-state index contributed by atoms with van der Waals surface area (Å²) in [6.45, 7) is 0.594. The Kier molecular flexibility index (Phi) is 3.58. The van der Waals surface area contributed by atoms with Gasteiger partial charge in [-0.25, -0.2) is 4.79 Å². The van der Waals surface area contributed by atoms with Crippen LogP contribution in [0.2, 0.25) is 0 Å². The third-order valence-electron chi connectivity index (χ3n) is 2.90. The summed E-state index contributed by atoms with van der Waals surface area (Å²) >= 11 is 0. The third-order valence-corrected chi connectivity index (χ3v) is 2.90. The number of nitriles is 1. The summed E-state index contributed by atoms with van der Waals surface area (Å²) in [4.78, 5) is 24.0. The van der Waals surface area contributed by atoms with Crippen LogP contribution in [0.15, 0.2) is 24.3 Å². The molecule has 5 heteroatoms. The van der Waals surface area contributed by atoms with Crippen LogP contribution in [0, 0.1) is 11.3 Å². The lowest BCUT2D eigenvalue weighted by Crippen LogP contribution is -2.37. The molecule has 1 heterocycles. The fourth-order valence-electron chi connectivity index (χ4n) is 1.95. The van der Waals surface area contributed by atoms with Gasteiger partial charge < -0.3 is 9.64 Å².